The van der Waals surface area contributed by atoms with Crippen LogP contribution in [0.3, 0.4) is 0 Å². The molecule has 1 aromatic rings. The number of guanidine groups is 1. The maximum Gasteiger partial charge on any atom is 0.191 e. The van der Waals surface area contributed by atoms with E-state index in [4.69, 9.17) is 16.3 Å². The number of halogens is 1. The van der Waals surface area contributed by atoms with Crippen LogP contribution in [0.15, 0.2) is 34.2 Å². The summed E-state index contributed by atoms with van der Waals surface area (Å²) in [5, 5.41) is 7.80. The first-order chi connectivity index (χ1) is 13.2. The van der Waals surface area contributed by atoms with E-state index in [9.17, 15) is 0 Å². The summed E-state index contributed by atoms with van der Waals surface area (Å²) in [6, 6.07) is 7.99. The first-order valence-corrected chi connectivity index (χ1v) is 11.2. The van der Waals surface area contributed by atoms with Gasteiger partial charge in [0.15, 0.2) is 5.96 Å². The van der Waals surface area contributed by atoms with Crippen molar-refractivity contribution in [1.82, 2.24) is 15.5 Å². The molecule has 2 aliphatic rings. The highest BCUT2D eigenvalue weighted by molar-refractivity contribution is 7.99. The number of aliphatic imine (C=N–C) groups is 1. The van der Waals surface area contributed by atoms with Crippen molar-refractivity contribution in [2.45, 2.75) is 36.1 Å². The van der Waals surface area contributed by atoms with Crippen LogP contribution in [0.2, 0.25) is 5.02 Å². The lowest BCUT2D eigenvalue weighted by Crippen LogP contribution is -2.58. The molecule has 2 aliphatic heterocycles. The average molecular weight is 411 g/mol. The molecule has 7 heteroatoms. The predicted octanol–water partition coefficient (Wildman–Crippen LogP) is 3.24. The number of benzene rings is 1. The summed E-state index contributed by atoms with van der Waals surface area (Å²) in [5.41, 5.74) is 0.213. The molecular weight excluding hydrogens is 380 g/mol. The number of ether oxygens (including phenoxy) is 1. The minimum atomic E-state index is 0.213. The summed E-state index contributed by atoms with van der Waals surface area (Å²) in [6.07, 6.45) is 4.84. The average Bonchev–Trinajstić information content (AvgIpc) is 3.25. The molecule has 0 spiro atoms. The van der Waals surface area contributed by atoms with Gasteiger partial charge in [0, 0.05) is 54.6 Å². The van der Waals surface area contributed by atoms with E-state index in [1.54, 1.807) is 0 Å². The molecular formula is C20H31ClN4OS. The van der Waals surface area contributed by atoms with Gasteiger partial charge in [-0.3, -0.25) is 9.89 Å². The minimum Gasteiger partial charge on any atom is -0.381 e. The molecule has 0 aliphatic carbocycles. The van der Waals surface area contributed by atoms with Gasteiger partial charge >= 0.3 is 0 Å². The summed E-state index contributed by atoms with van der Waals surface area (Å²) in [5.74, 6) is 1.87. The van der Waals surface area contributed by atoms with Crippen molar-refractivity contribution in [3.05, 3.63) is 29.3 Å². The standard InChI is InChI=1S/C20H31ClN4OS/c1-22-19(23-10-15-27-18-6-4-17(21)5-7-18)24-16-20(8-13-26-14-9-20)25-11-2-3-12-25/h4-7H,2-3,8-16H2,1H3,(H2,22,23,24). The molecule has 0 unspecified atom stereocenters. The van der Waals surface area contributed by atoms with Gasteiger partial charge in [-0.1, -0.05) is 11.6 Å². The van der Waals surface area contributed by atoms with Crippen LogP contribution in [0.1, 0.15) is 25.7 Å². The largest absolute Gasteiger partial charge is 0.381 e. The molecule has 2 saturated heterocycles. The molecule has 150 valence electrons. The Balaban J connectivity index is 1.44. The van der Waals surface area contributed by atoms with Crippen LogP contribution in [0.4, 0.5) is 0 Å². The fourth-order valence-corrected chi connectivity index (χ4v) is 4.78. The Morgan fingerprint density at radius 1 is 1.19 bits per heavy atom. The zero-order valence-corrected chi connectivity index (χ0v) is 17.7. The van der Waals surface area contributed by atoms with Gasteiger partial charge in [-0.2, -0.15) is 0 Å². The second-order valence-electron chi connectivity index (χ2n) is 7.19. The number of hydrogen-bond donors (Lipinski definition) is 2. The van der Waals surface area contributed by atoms with Gasteiger partial charge in [0.05, 0.1) is 0 Å². The monoisotopic (exact) mass is 410 g/mol. The van der Waals surface area contributed by atoms with E-state index in [-0.39, 0.29) is 5.54 Å². The molecule has 2 fully saturated rings. The summed E-state index contributed by atoms with van der Waals surface area (Å²) in [4.78, 5) is 8.31. The first kappa shape index (κ1) is 20.8. The van der Waals surface area contributed by atoms with Crippen molar-refractivity contribution in [3.63, 3.8) is 0 Å². The molecule has 0 aromatic heterocycles. The molecule has 0 radical (unpaired) electrons. The normalized spacial score (nSPS) is 20.6. The molecule has 5 nitrogen and oxygen atoms in total. The molecule has 0 amide bonds. The highest BCUT2D eigenvalue weighted by Crippen LogP contribution is 2.30. The molecule has 0 saturated carbocycles. The SMILES string of the molecule is CN=C(NCCSc1ccc(Cl)cc1)NCC1(N2CCCC2)CCOCC1. The molecule has 27 heavy (non-hydrogen) atoms. The summed E-state index contributed by atoms with van der Waals surface area (Å²) < 4.78 is 5.63. The zero-order chi connectivity index (χ0) is 19.0. The van der Waals surface area contributed by atoms with Gasteiger partial charge in [-0.05, 0) is 63.0 Å². The third-order valence-electron chi connectivity index (χ3n) is 5.49. The van der Waals surface area contributed by atoms with Crippen LogP contribution in [0.25, 0.3) is 0 Å². The fraction of sp³-hybridized carbons (Fsp3) is 0.650. The Morgan fingerprint density at radius 3 is 2.56 bits per heavy atom. The van der Waals surface area contributed by atoms with Gasteiger partial charge in [0.2, 0.25) is 0 Å². The van der Waals surface area contributed by atoms with Crippen LogP contribution < -0.4 is 10.6 Å². The van der Waals surface area contributed by atoms with Gasteiger partial charge in [0.1, 0.15) is 0 Å². The molecule has 1 aromatic carbocycles. The van der Waals surface area contributed by atoms with E-state index in [2.05, 4.69) is 32.7 Å². The van der Waals surface area contributed by atoms with Gasteiger partial charge in [-0.25, -0.2) is 0 Å². The fourth-order valence-electron chi connectivity index (χ4n) is 3.89. The molecule has 0 atom stereocenters. The summed E-state index contributed by atoms with van der Waals surface area (Å²) in [6.45, 7) is 5.95. The van der Waals surface area contributed by atoms with E-state index in [0.29, 0.717) is 0 Å². The van der Waals surface area contributed by atoms with Crippen LogP contribution in [0, 0.1) is 0 Å². The van der Waals surface area contributed by atoms with E-state index in [0.717, 1.165) is 55.9 Å². The highest BCUT2D eigenvalue weighted by atomic mass is 35.5. The Morgan fingerprint density at radius 2 is 1.89 bits per heavy atom. The smallest absolute Gasteiger partial charge is 0.191 e. The molecule has 0 bridgehead atoms. The van der Waals surface area contributed by atoms with Crippen molar-refractivity contribution in [1.29, 1.82) is 0 Å². The molecule has 2 N–H and O–H groups in total. The first-order valence-electron chi connectivity index (χ1n) is 9.88. The third kappa shape index (κ3) is 6.01. The number of nitrogens with one attached hydrogen (secondary N) is 2. The van der Waals surface area contributed by atoms with Gasteiger partial charge < -0.3 is 15.4 Å². The van der Waals surface area contributed by atoms with Crippen molar-refractivity contribution in [3.8, 4) is 0 Å². The number of nitrogens with zero attached hydrogens (tertiary/aromatic N) is 2. The quantitative estimate of drug-likeness (QED) is 0.313. The van der Waals surface area contributed by atoms with E-state index in [1.807, 2.05) is 30.9 Å². The van der Waals surface area contributed by atoms with Crippen molar-refractivity contribution in [2.75, 3.05) is 52.2 Å². The van der Waals surface area contributed by atoms with E-state index < -0.39 is 0 Å². The second kappa shape index (κ2) is 10.6. The summed E-state index contributed by atoms with van der Waals surface area (Å²) in [7, 11) is 1.84. The molecule has 3 rings (SSSR count). The lowest BCUT2D eigenvalue weighted by molar-refractivity contribution is -0.0164. The van der Waals surface area contributed by atoms with Crippen molar-refractivity contribution >= 4 is 29.3 Å². The van der Waals surface area contributed by atoms with Gasteiger partial charge in [-0.15, -0.1) is 11.8 Å². The topological polar surface area (TPSA) is 48.9 Å². The second-order valence-corrected chi connectivity index (χ2v) is 8.79. The Hall–Kier alpha value is -0.950. The lowest BCUT2D eigenvalue weighted by atomic mass is 9.88. The predicted molar refractivity (Wildman–Crippen MR) is 115 cm³/mol. The van der Waals surface area contributed by atoms with Crippen LogP contribution >= 0.6 is 23.4 Å². The van der Waals surface area contributed by atoms with Crippen LogP contribution in [-0.4, -0.2) is 68.6 Å². The Kier molecular flexibility index (Phi) is 8.12. The van der Waals surface area contributed by atoms with E-state index >= 15 is 0 Å². The maximum absolute atomic E-state index is 5.93. The van der Waals surface area contributed by atoms with Crippen molar-refractivity contribution in [2.24, 2.45) is 4.99 Å². The Labute approximate surface area is 172 Å². The number of hydrogen-bond acceptors (Lipinski definition) is 4. The zero-order valence-electron chi connectivity index (χ0n) is 16.2. The van der Waals surface area contributed by atoms with Gasteiger partial charge in [0.25, 0.3) is 0 Å². The lowest BCUT2D eigenvalue weighted by Gasteiger charge is -2.45. The highest BCUT2D eigenvalue weighted by Gasteiger charge is 2.39. The van der Waals surface area contributed by atoms with Crippen LogP contribution in [0.5, 0.6) is 0 Å². The van der Waals surface area contributed by atoms with Crippen LogP contribution in [-0.2, 0) is 4.74 Å². The summed E-state index contributed by atoms with van der Waals surface area (Å²) >= 11 is 7.75. The molecule has 2 heterocycles. The third-order valence-corrected chi connectivity index (χ3v) is 6.75. The number of likely N-dealkylation sites (tertiary alicyclic amines) is 1. The van der Waals surface area contributed by atoms with E-state index in [1.165, 1.54) is 30.8 Å². The Bertz CT molecular complexity index is 599. The minimum absolute atomic E-state index is 0.213. The number of rotatable bonds is 7. The van der Waals surface area contributed by atoms with Crippen molar-refractivity contribution < 1.29 is 4.74 Å². The number of thioether (sulfide) groups is 1. The maximum atomic E-state index is 5.93.